The van der Waals surface area contributed by atoms with Crippen LogP contribution in [0.4, 0.5) is 5.69 Å². The molecule has 2 rings (SSSR count). The predicted octanol–water partition coefficient (Wildman–Crippen LogP) is 2.68. The minimum absolute atomic E-state index is 0.0167. The average molecular weight is 316 g/mol. The molecule has 0 radical (unpaired) electrons. The SMILES string of the molecule is Cc1nn(CCC(=O)NC(C)c2ccccc2)c(C)c1[N+](=O)[O-]. The molecule has 2 aromatic rings. The maximum Gasteiger partial charge on any atom is 0.312 e. The number of carbonyl (C=O) groups excluding carboxylic acids is 1. The van der Waals surface area contributed by atoms with E-state index in [4.69, 9.17) is 0 Å². The fourth-order valence-electron chi connectivity index (χ4n) is 2.52. The molecule has 0 fully saturated rings. The molecule has 0 bridgehead atoms. The van der Waals surface area contributed by atoms with E-state index in [0.717, 1.165) is 5.56 Å². The van der Waals surface area contributed by atoms with E-state index in [-0.39, 0.29) is 24.1 Å². The summed E-state index contributed by atoms with van der Waals surface area (Å²) in [5.41, 5.74) is 1.88. The second kappa shape index (κ2) is 7.04. The summed E-state index contributed by atoms with van der Waals surface area (Å²) in [7, 11) is 0. The van der Waals surface area contributed by atoms with Crippen LogP contribution in [0, 0.1) is 24.0 Å². The molecule has 0 saturated carbocycles. The van der Waals surface area contributed by atoms with Crippen LogP contribution in [0.5, 0.6) is 0 Å². The van der Waals surface area contributed by atoms with Gasteiger partial charge >= 0.3 is 5.69 Å². The fourth-order valence-corrected chi connectivity index (χ4v) is 2.52. The van der Waals surface area contributed by atoms with Gasteiger partial charge in [-0.2, -0.15) is 5.10 Å². The number of hydrogen-bond donors (Lipinski definition) is 1. The lowest BCUT2D eigenvalue weighted by atomic mass is 10.1. The molecule has 1 unspecified atom stereocenters. The van der Waals surface area contributed by atoms with Gasteiger partial charge in [0.05, 0.1) is 17.5 Å². The average Bonchev–Trinajstić information content (AvgIpc) is 2.80. The molecule has 1 N–H and O–H groups in total. The lowest BCUT2D eigenvalue weighted by Gasteiger charge is -2.14. The van der Waals surface area contributed by atoms with Crippen LogP contribution in [0.1, 0.15) is 36.3 Å². The number of benzene rings is 1. The van der Waals surface area contributed by atoms with Crippen LogP contribution in [0.15, 0.2) is 30.3 Å². The van der Waals surface area contributed by atoms with Crippen molar-refractivity contribution in [2.75, 3.05) is 0 Å². The molecule has 0 aliphatic rings. The lowest BCUT2D eigenvalue weighted by molar-refractivity contribution is -0.386. The molecule has 7 nitrogen and oxygen atoms in total. The summed E-state index contributed by atoms with van der Waals surface area (Å²) in [6.07, 6.45) is 0.219. The van der Waals surface area contributed by atoms with Gasteiger partial charge in [-0.1, -0.05) is 30.3 Å². The van der Waals surface area contributed by atoms with E-state index in [1.165, 1.54) is 4.68 Å². The van der Waals surface area contributed by atoms with E-state index in [1.54, 1.807) is 13.8 Å². The van der Waals surface area contributed by atoms with Crippen LogP contribution >= 0.6 is 0 Å². The van der Waals surface area contributed by atoms with Crippen molar-refractivity contribution in [2.45, 2.75) is 39.8 Å². The van der Waals surface area contributed by atoms with Gasteiger partial charge in [0.15, 0.2) is 0 Å². The molecular weight excluding hydrogens is 296 g/mol. The number of amides is 1. The topological polar surface area (TPSA) is 90.1 Å². The van der Waals surface area contributed by atoms with Gasteiger partial charge in [-0.15, -0.1) is 0 Å². The number of rotatable bonds is 6. The highest BCUT2D eigenvalue weighted by atomic mass is 16.6. The zero-order valence-electron chi connectivity index (χ0n) is 13.4. The number of carbonyl (C=O) groups is 1. The molecule has 122 valence electrons. The van der Waals surface area contributed by atoms with E-state index >= 15 is 0 Å². The second-order valence-electron chi connectivity index (χ2n) is 5.45. The monoisotopic (exact) mass is 316 g/mol. The first kappa shape index (κ1) is 16.7. The maximum absolute atomic E-state index is 12.1. The number of aromatic nitrogens is 2. The van der Waals surface area contributed by atoms with Crippen molar-refractivity contribution in [3.63, 3.8) is 0 Å². The first-order chi connectivity index (χ1) is 10.9. The zero-order valence-corrected chi connectivity index (χ0v) is 13.4. The molecule has 1 aromatic heterocycles. The number of hydrogen-bond acceptors (Lipinski definition) is 4. The van der Waals surface area contributed by atoms with Crippen molar-refractivity contribution >= 4 is 11.6 Å². The van der Waals surface area contributed by atoms with Crippen LogP contribution in [-0.2, 0) is 11.3 Å². The first-order valence-electron chi connectivity index (χ1n) is 7.43. The summed E-state index contributed by atoms with van der Waals surface area (Å²) in [4.78, 5) is 22.6. The Bertz CT molecular complexity index is 710. The van der Waals surface area contributed by atoms with Gasteiger partial charge in [0, 0.05) is 6.42 Å². The molecule has 1 amide bonds. The Morgan fingerprint density at radius 3 is 2.57 bits per heavy atom. The number of nitro groups is 1. The quantitative estimate of drug-likeness (QED) is 0.655. The third-order valence-electron chi connectivity index (χ3n) is 3.75. The van der Waals surface area contributed by atoms with Gasteiger partial charge < -0.3 is 5.32 Å². The van der Waals surface area contributed by atoms with Crippen LogP contribution in [-0.4, -0.2) is 20.6 Å². The van der Waals surface area contributed by atoms with E-state index in [9.17, 15) is 14.9 Å². The summed E-state index contributed by atoms with van der Waals surface area (Å²) in [5.74, 6) is -0.114. The zero-order chi connectivity index (χ0) is 17.0. The molecule has 1 aromatic carbocycles. The van der Waals surface area contributed by atoms with E-state index in [0.29, 0.717) is 17.9 Å². The Kier molecular flexibility index (Phi) is 5.10. The highest BCUT2D eigenvalue weighted by molar-refractivity contribution is 5.76. The molecule has 0 aliphatic heterocycles. The lowest BCUT2D eigenvalue weighted by Crippen LogP contribution is -2.27. The third-order valence-corrected chi connectivity index (χ3v) is 3.75. The minimum Gasteiger partial charge on any atom is -0.350 e. The Morgan fingerprint density at radius 2 is 2.00 bits per heavy atom. The van der Waals surface area contributed by atoms with E-state index in [2.05, 4.69) is 10.4 Å². The molecular formula is C16H20N4O3. The summed E-state index contributed by atoms with van der Waals surface area (Å²) < 4.78 is 1.51. The molecule has 0 saturated heterocycles. The van der Waals surface area contributed by atoms with Gasteiger partial charge in [0.1, 0.15) is 11.4 Å². The second-order valence-corrected chi connectivity index (χ2v) is 5.45. The van der Waals surface area contributed by atoms with Gasteiger partial charge in [-0.05, 0) is 26.3 Å². The molecule has 0 aliphatic carbocycles. The predicted molar refractivity (Wildman–Crippen MR) is 86.0 cm³/mol. The summed E-state index contributed by atoms with van der Waals surface area (Å²) in [6.45, 7) is 5.47. The van der Waals surface area contributed by atoms with Crippen LogP contribution in [0.3, 0.4) is 0 Å². The first-order valence-corrected chi connectivity index (χ1v) is 7.43. The molecule has 23 heavy (non-hydrogen) atoms. The largest absolute Gasteiger partial charge is 0.350 e. The van der Waals surface area contributed by atoms with Crippen molar-refractivity contribution in [3.8, 4) is 0 Å². The van der Waals surface area contributed by atoms with E-state index in [1.807, 2.05) is 37.3 Å². The highest BCUT2D eigenvalue weighted by Crippen LogP contribution is 2.21. The van der Waals surface area contributed by atoms with Crippen molar-refractivity contribution in [1.29, 1.82) is 0 Å². The normalized spacial score (nSPS) is 12.0. The van der Waals surface area contributed by atoms with Crippen LogP contribution < -0.4 is 5.32 Å². The van der Waals surface area contributed by atoms with Gasteiger partial charge in [-0.3, -0.25) is 19.6 Å². The number of nitrogens with one attached hydrogen (secondary N) is 1. The van der Waals surface area contributed by atoms with Gasteiger partial charge in [0.2, 0.25) is 5.91 Å². The van der Waals surface area contributed by atoms with Gasteiger partial charge in [0.25, 0.3) is 0 Å². The third kappa shape index (κ3) is 3.94. The Hall–Kier alpha value is -2.70. The smallest absolute Gasteiger partial charge is 0.312 e. The molecule has 1 heterocycles. The summed E-state index contributed by atoms with van der Waals surface area (Å²) in [5, 5.41) is 18.0. The van der Waals surface area contributed by atoms with Crippen LogP contribution in [0.25, 0.3) is 0 Å². The minimum atomic E-state index is -0.439. The van der Waals surface area contributed by atoms with Gasteiger partial charge in [-0.25, -0.2) is 0 Å². The van der Waals surface area contributed by atoms with Crippen molar-refractivity contribution in [3.05, 3.63) is 57.4 Å². The fraction of sp³-hybridized carbons (Fsp3) is 0.375. The molecule has 0 spiro atoms. The number of aryl methyl sites for hydroxylation is 2. The Labute approximate surface area is 134 Å². The maximum atomic E-state index is 12.1. The van der Waals surface area contributed by atoms with Crippen LogP contribution in [0.2, 0.25) is 0 Å². The van der Waals surface area contributed by atoms with Crippen molar-refractivity contribution in [1.82, 2.24) is 15.1 Å². The standard InChI is InChI=1S/C16H20N4O3/c1-11(14-7-5-4-6-8-14)17-15(21)9-10-19-13(3)16(20(22)23)12(2)18-19/h4-8,11H,9-10H2,1-3H3,(H,17,21). The highest BCUT2D eigenvalue weighted by Gasteiger charge is 2.22. The molecule has 7 heteroatoms. The van der Waals surface area contributed by atoms with E-state index < -0.39 is 4.92 Å². The van der Waals surface area contributed by atoms with Crippen molar-refractivity contribution in [2.24, 2.45) is 0 Å². The summed E-state index contributed by atoms with van der Waals surface area (Å²) in [6, 6.07) is 9.59. The Balaban J connectivity index is 1.95. The molecule has 1 atom stereocenters. The number of nitrogens with zero attached hydrogens (tertiary/aromatic N) is 3. The summed E-state index contributed by atoms with van der Waals surface area (Å²) >= 11 is 0. The Morgan fingerprint density at radius 1 is 1.35 bits per heavy atom. The van der Waals surface area contributed by atoms with Crippen molar-refractivity contribution < 1.29 is 9.72 Å².